The minimum atomic E-state index is 0. The van der Waals surface area contributed by atoms with Gasteiger partial charge in [0.05, 0.1) is 0 Å². The lowest BCUT2D eigenvalue weighted by Gasteiger charge is -2.10. The molecule has 3 nitrogen and oxygen atoms in total. The van der Waals surface area contributed by atoms with Crippen LogP contribution in [0, 0.1) is 0 Å². The third kappa shape index (κ3) is 3.12. The van der Waals surface area contributed by atoms with Gasteiger partial charge in [0.15, 0.2) is 0 Å². The van der Waals surface area contributed by atoms with Crippen LogP contribution in [0.3, 0.4) is 0 Å². The maximum atomic E-state index is 5.65. The first-order valence-electron chi connectivity index (χ1n) is 4.34. The quantitative estimate of drug-likeness (QED) is 0.841. The third-order valence-electron chi connectivity index (χ3n) is 1.99. The Balaban J connectivity index is 0.000000980. The topological polar surface area (TPSA) is 34.1 Å². The van der Waals surface area contributed by atoms with Crippen molar-refractivity contribution in [3.8, 4) is 5.88 Å². The van der Waals surface area contributed by atoms with Gasteiger partial charge in [-0.1, -0.05) is 6.07 Å². The van der Waals surface area contributed by atoms with E-state index in [-0.39, 0.29) is 18.5 Å². The second-order valence-corrected chi connectivity index (χ2v) is 3.84. The van der Waals surface area contributed by atoms with Crippen molar-refractivity contribution < 1.29 is 4.74 Å². The molecule has 1 fully saturated rings. The standard InChI is InChI=1S/C9H11BrN2O.ClH/c10-8-2-1-3-9(12-8)13-7-4-5-11-6-7;/h1-3,7,11H,4-6H2;1H. The molecule has 1 aliphatic rings. The summed E-state index contributed by atoms with van der Waals surface area (Å²) in [6.07, 6.45) is 1.34. The van der Waals surface area contributed by atoms with E-state index in [2.05, 4.69) is 26.2 Å². The molecule has 1 saturated heterocycles. The van der Waals surface area contributed by atoms with Crippen LogP contribution >= 0.6 is 28.3 Å². The summed E-state index contributed by atoms with van der Waals surface area (Å²) in [6, 6.07) is 5.69. The van der Waals surface area contributed by atoms with Crippen LogP contribution in [0.5, 0.6) is 5.88 Å². The largest absolute Gasteiger partial charge is 0.473 e. The molecule has 0 aliphatic carbocycles. The van der Waals surface area contributed by atoms with Gasteiger partial charge in [0.1, 0.15) is 10.7 Å². The van der Waals surface area contributed by atoms with Crippen molar-refractivity contribution >= 4 is 28.3 Å². The van der Waals surface area contributed by atoms with Crippen molar-refractivity contribution in [3.63, 3.8) is 0 Å². The summed E-state index contributed by atoms with van der Waals surface area (Å²) >= 11 is 3.30. The summed E-state index contributed by atoms with van der Waals surface area (Å²) in [4.78, 5) is 4.20. The van der Waals surface area contributed by atoms with Crippen LogP contribution in [0.2, 0.25) is 0 Å². The monoisotopic (exact) mass is 278 g/mol. The Morgan fingerprint density at radius 1 is 1.50 bits per heavy atom. The molecule has 0 saturated carbocycles. The molecule has 1 unspecified atom stereocenters. The van der Waals surface area contributed by atoms with Gasteiger partial charge in [-0.3, -0.25) is 0 Å². The molecule has 1 aromatic heterocycles. The van der Waals surface area contributed by atoms with Gasteiger partial charge in [-0.25, -0.2) is 4.98 Å². The molecule has 1 aromatic rings. The van der Waals surface area contributed by atoms with Crippen LogP contribution in [0.15, 0.2) is 22.8 Å². The first-order valence-corrected chi connectivity index (χ1v) is 5.14. The average molecular weight is 280 g/mol. The van der Waals surface area contributed by atoms with E-state index < -0.39 is 0 Å². The van der Waals surface area contributed by atoms with Gasteiger partial charge in [0.25, 0.3) is 0 Å². The van der Waals surface area contributed by atoms with E-state index in [1.807, 2.05) is 18.2 Å². The Morgan fingerprint density at radius 3 is 3.00 bits per heavy atom. The zero-order valence-corrected chi connectivity index (χ0v) is 9.97. The molecule has 1 N–H and O–H groups in total. The fourth-order valence-electron chi connectivity index (χ4n) is 1.35. The molecule has 14 heavy (non-hydrogen) atoms. The van der Waals surface area contributed by atoms with Gasteiger partial charge in [-0.15, -0.1) is 12.4 Å². The lowest BCUT2D eigenvalue weighted by molar-refractivity contribution is 0.213. The third-order valence-corrected chi connectivity index (χ3v) is 2.43. The van der Waals surface area contributed by atoms with Crippen molar-refractivity contribution in [2.45, 2.75) is 12.5 Å². The minimum Gasteiger partial charge on any atom is -0.473 e. The summed E-state index contributed by atoms with van der Waals surface area (Å²) < 4.78 is 6.47. The summed E-state index contributed by atoms with van der Waals surface area (Å²) in [5.41, 5.74) is 0. The van der Waals surface area contributed by atoms with Crippen LogP contribution in [0.25, 0.3) is 0 Å². The van der Waals surface area contributed by atoms with Gasteiger partial charge in [0.2, 0.25) is 5.88 Å². The number of pyridine rings is 1. The molecule has 0 bridgehead atoms. The zero-order valence-electron chi connectivity index (χ0n) is 7.57. The number of hydrogen-bond acceptors (Lipinski definition) is 3. The number of nitrogens with one attached hydrogen (secondary N) is 1. The summed E-state index contributed by atoms with van der Waals surface area (Å²) in [5, 5.41) is 3.24. The number of ether oxygens (including phenoxy) is 1. The molecule has 1 aliphatic heterocycles. The van der Waals surface area contributed by atoms with E-state index in [4.69, 9.17) is 4.74 Å². The first-order chi connectivity index (χ1) is 6.34. The van der Waals surface area contributed by atoms with E-state index in [1.54, 1.807) is 0 Å². The van der Waals surface area contributed by atoms with Gasteiger partial charge in [-0.2, -0.15) is 0 Å². The lowest BCUT2D eigenvalue weighted by Crippen LogP contribution is -2.19. The highest BCUT2D eigenvalue weighted by molar-refractivity contribution is 9.10. The second kappa shape index (κ2) is 5.53. The van der Waals surface area contributed by atoms with Gasteiger partial charge < -0.3 is 10.1 Å². The van der Waals surface area contributed by atoms with E-state index >= 15 is 0 Å². The molecule has 2 heterocycles. The summed E-state index contributed by atoms with van der Waals surface area (Å²) in [5.74, 6) is 0.697. The van der Waals surface area contributed by atoms with Crippen molar-refractivity contribution in [3.05, 3.63) is 22.8 Å². The summed E-state index contributed by atoms with van der Waals surface area (Å²) in [6.45, 7) is 1.97. The molecular weight excluding hydrogens is 267 g/mol. The van der Waals surface area contributed by atoms with Crippen LogP contribution in [0.1, 0.15) is 6.42 Å². The highest BCUT2D eigenvalue weighted by atomic mass is 79.9. The Bertz CT molecular complexity index is 292. The molecule has 5 heteroatoms. The Labute approximate surface area is 97.8 Å². The van der Waals surface area contributed by atoms with E-state index in [1.165, 1.54) is 0 Å². The van der Waals surface area contributed by atoms with E-state index in [0.29, 0.717) is 5.88 Å². The fraction of sp³-hybridized carbons (Fsp3) is 0.444. The molecule has 78 valence electrons. The SMILES string of the molecule is Brc1cccc(OC2CCNC2)n1.Cl. The van der Waals surface area contributed by atoms with Crippen molar-refractivity contribution in [2.24, 2.45) is 0 Å². The number of aromatic nitrogens is 1. The number of nitrogens with zero attached hydrogens (tertiary/aromatic N) is 1. The van der Waals surface area contributed by atoms with Crippen LogP contribution in [-0.2, 0) is 0 Å². The van der Waals surface area contributed by atoms with Gasteiger partial charge in [-0.05, 0) is 35.0 Å². The van der Waals surface area contributed by atoms with Crippen molar-refractivity contribution in [1.29, 1.82) is 0 Å². The molecule has 0 aromatic carbocycles. The summed E-state index contributed by atoms with van der Waals surface area (Å²) in [7, 11) is 0. The number of rotatable bonds is 2. The Hall–Kier alpha value is -0.320. The Morgan fingerprint density at radius 2 is 2.36 bits per heavy atom. The van der Waals surface area contributed by atoms with Crippen molar-refractivity contribution in [2.75, 3.05) is 13.1 Å². The van der Waals surface area contributed by atoms with Gasteiger partial charge in [0, 0.05) is 12.6 Å². The first kappa shape index (κ1) is 11.8. The zero-order chi connectivity index (χ0) is 9.10. The van der Waals surface area contributed by atoms with Gasteiger partial charge >= 0.3 is 0 Å². The molecule has 2 rings (SSSR count). The number of halogens is 2. The fourth-order valence-corrected chi connectivity index (χ4v) is 1.68. The van der Waals surface area contributed by atoms with Crippen LogP contribution in [-0.4, -0.2) is 24.2 Å². The Kier molecular flexibility index (Phi) is 4.65. The second-order valence-electron chi connectivity index (χ2n) is 3.03. The highest BCUT2D eigenvalue weighted by Crippen LogP contribution is 2.15. The lowest BCUT2D eigenvalue weighted by atomic mass is 10.3. The van der Waals surface area contributed by atoms with E-state index in [0.717, 1.165) is 24.1 Å². The molecule has 0 amide bonds. The maximum Gasteiger partial charge on any atom is 0.214 e. The predicted octanol–water partition coefficient (Wildman–Crippen LogP) is 2.01. The van der Waals surface area contributed by atoms with Crippen LogP contribution < -0.4 is 10.1 Å². The smallest absolute Gasteiger partial charge is 0.214 e. The average Bonchev–Trinajstić information content (AvgIpc) is 2.57. The molecule has 0 radical (unpaired) electrons. The van der Waals surface area contributed by atoms with Crippen molar-refractivity contribution in [1.82, 2.24) is 10.3 Å². The predicted molar refractivity (Wildman–Crippen MR) is 61.1 cm³/mol. The van der Waals surface area contributed by atoms with E-state index in [9.17, 15) is 0 Å². The minimum absolute atomic E-state index is 0. The number of hydrogen-bond donors (Lipinski definition) is 1. The molecular formula is C9H12BrClN2O. The molecule has 1 atom stereocenters. The van der Waals surface area contributed by atoms with Crippen LogP contribution in [0.4, 0.5) is 0 Å². The normalized spacial score (nSPS) is 20.2. The maximum absolute atomic E-state index is 5.65. The molecule has 0 spiro atoms. The highest BCUT2D eigenvalue weighted by Gasteiger charge is 2.16.